The molecule has 2 aliphatic carbocycles. The molecule has 0 saturated heterocycles. The van der Waals surface area contributed by atoms with Crippen LogP contribution in [0.5, 0.6) is 0 Å². The quantitative estimate of drug-likeness (QED) is 0.633. The first-order valence-corrected chi connectivity index (χ1v) is 7.90. The maximum absolute atomic E-state index is 11.6. The minimum Gasteiger partial charge on any atom is -0.383 e. The fourth-order valence-electron chi connectivity index (χ4n) is 3.49. The number of nitrogens with zero attached hydrogens (tertiary/aromatic N) is 1. The van der Waals surface area contributed by atoms with Crippen molar-refractivity contribution in [3.8, 4) is 0 Å². The zero-order valence-corrected chi connectivity index (χ0v) is 12.6. The van der Waals surface area contributed by atoms with E-state index in [1.165, 1.54) is 38.4 Å². The molecule has 1 unspecified atom stereocenters. The number of hydrogen-bond donors (Lipinski definition) is 0. The van der Waals surface area contributed by atoms with Crippen LogP contribution in [0.3, 0.4) is 0 Å². The molecule has 0 aromatic heterocycles. The van der Waals surface area contributed by atoms with E-state index in [2.05, 4.69) is 11.8 Å². The standard InChI is InChI=1S/C16H29NO2/c1-14(15-6-7-15)17(10-11-19-2)12-16(13-18)8-4-3-5-9-16/h13-15H,3-12H2,1-2H3. The number of ether oxygens (including phenoxy) is 1. The zero-order chi connectivity index (χ0) is 13.7. The molecule has 0 N–H and O–H groups in total. The highest BCUT2D eigenvalue weighted by atomic mass is 16.5. The van der Waals surface area contributed by atoms with Gasteiger partial charge in [0.25, 0.3) is 0 Å². The van der Waals surface area contributed by atoms with Gasteiger partial charge in [-0.25, -0.2) is 0 Å². The van der Waals surface area contributed by atoms with Gasteiger partial charge in [-0.15, -0.1) is 0 Å². The van der Waals surface area contributed by atoms with Gasteiger partial charge in [-0.1, -0.05) is 19.3 Å². The summed E-state index contributed by atoms with van der Waals surface area (Å²) in [4.78, 5) is 14.2. The molecular formula is C16H29NO2. The molecule has 1 atom stereocenters. The van der Waals surface area contributed by atoms with Gasteiger partial charge in [0.05, 0.1) is 6.61 Å². The fourth-order valence-corrected chi connectivity index (χ4v) is 3.49. The Morgan fingerprint density at radius 2 is 2.00 bits per heavy atom. The van der Waals surface area contributed by atoms with Crippen molar-refractivity contribution in [1.29, 1.82) is 0 Å². The lowest BCUT2D eigenvalue weighted by molar-refractivity contribution is -0.119. The lowest BCUT2D eigenvalue weighted by Gasteiger charge is -2.39. The van der Waals surface area contributed by atoms with Gasteiger partial charge in [-0.2, -0.15) is 0 Å². The molecule has 19 heavy (non-hydrogen) atoms. The molecule has 3 nitrogen and oxygen atoms in total. The Bertz CT molecular complexity index is 282. The van der Waals surface area contributed by atoms with E-state index in [0.29, 0.717) is 6.04 Å². The predicted molar refractivity (Wildman–Crippen MR) is 77.2 cm³/mol. The van der Waals surface area contributed by atoms with Crippen molar-refractivity contribution in [2.24, 2.45) is 11.3 Å². The van der Waals surface area contributed by atoms with Gasteiger partial charge in [0.15, 0.2) is 0 Å². The van der Waals surface area contributed by atoms with E-state index in [-0.39, 0.29) is 5.41 Å². The second-order valence-electron chi connectivity index (χ2n) is 6.58. The van der Waals surface area contributed by atoms with Crippen molar-refractivity contribution < 1.29 is 9.53 Å². The van der Waals surface area contributed by atoms with Crippen molar-refractivity contribution in [3.63, 3.8) is 0 Å². The van der Waals surface area contributed by atoms with Crippen LogP contribution in [0, 0.1) is 11.3 Å². The van der Waals surface area contributed by atoms with Crippen molar-refractivity contribution >= 4 is 6.29 Å². The highest BCUT2D eigenvalue weighted by molar-refractivity contribution is 5.60. The Balaban J connectivity index is 1.97. The Kier molecular flexibility index (Phi) is 5.40. The summed E-state index contributed by atoms with van der Waals surface area (Å²) in [6.07, 6.45) is 9.87. The molecule has 2 saturated carbocycles. The molecule has 2 fully saturated rings. The van der Waals surface area contributed by atoms with Crippen LogP contribution in [0.1, 0.15) is 51.9 Å². The minimum absolute atomic E-state index is 0.0743. The first kappa shape index (κ1) is 15.0. The SMILES string of the molecule is COCCN(CC1(C=O)CCCCC1)C(C)C1CC1. The molecule has 0 spiro atoms. The van der Waals surface area contributed by atoms with Gasteiger partial charge in [0, 0.05) is 31.7 Å². The first-order chi connectivity index (χ1) is 9.21. The smallest absolute Gasteiger partial charge is 0.127 e. The third-order valence-corrected chi connectivity index (χ3v) is 5.08. The average Bonchev–Trinajstić information content (AvgIpc) is 3.28. The van der Waals surface area contributed by atoms with Gasteiger partial charge >= 0.3 is 0 Å². The van der Waals surface area contributed by atoms with Crippen LogP contribution in [0.4, 0.5) is 0 Å². The van der Waals surface area contributed by atoms with Crippen LogP contribution in [0.2, 0.25) is 0 Å². The molecule has 2 rings (SSSR count). The predicted octanol–water partition coefficient (Wildman–Crippen LogP) is 2.88. The summed E-state index contributed by atoms with van der Waals surface area (Å²) in [5.74, 6) is 0.851. The molecule has 110 valence electrons. The van der Waals surface area contributed by atoms with E-state index < -0.39 is 0 Å². The fraction of sp³-hybridized carbons (Fsp3) is 0.938. The summed E-state index contributed by atoms with van der Waals surface area (Å²) in [7, 11) is 1.76. The molecule has 3 heteroatoms. The zero-order valence-electron chi connectivity index (χ0n) is 12.6. The molecule has 0 aromatic carbocycles. The van der Waals surface area contributed by atoms with Gasteiger partial charge in [-0.05, 0) is 38.5 Å². The lowest BCUT2D eigenvalue weighted by atomic mass is 9.74. The van der Waals surface area contributed by atoms with Crippen LogP contribution >= 0.6 is 0 Å². The van der Waals surface area contributed by atoms with E-state index in [0.717, 1.165) is 38.5 Å². The lowest BCUT2D eigenvalue weighted by Crippen LogP contribution is -2.46. The van der Waals surface area contributed by atoms with E-state index in [4.69, 9.17) is 4.74 Å². The number of aldehydes is 1. The van der Waals surface area contributed by atoms with Crippen molar-refractivity contribution in [2.75, 3.05) is 26.8 Å². The highest BCUT2D eigenvalue weighted by Gasteiger charge is 2.38. The third kappa shape index (κ3) is 4.03. The Morgan fingerprint density at radius 3 is 2.53 bits per heavy atom. The summed E-state index contributed by atoms with van der Waals surface area (Å²) in [5, 5.41) is 0. The van der Waals surface area contributed by atoms with Gasteiger partial charge in [0.2, 0.25) is 0 Å². The van der Waals surface area contributed by atoms with E-state index in [1.807, 2.05) is 0 Å². The van der Waals surface area contributed by atoms with Crippen molar-refractivity contribution in [1.82, 2.24) is 4.90 Å². The molecular weight excluding hydrogens is 238 g/mol. The van der Waals surface area contributed by atoms with E-state index in [1.54, 1.807) is 7.11 Å². The largest absolute Gasteiger partial charge is 0.383 e. The number of methoxy groups -OCH3 is 1. The topological polar surface area (TPSA) is 29.5 Å². The van der Waals surface area contributed by atoms with Gasteiger partial charge in [0.1, 0.15) is 6.29 Å². The van der Waals surface area contributed by atoms with E-state index in [9.17, 15) is 4.79 Å². The molecule has 0 aromatic rings. The number of carbonyl (C=O) groups excluding carboxylic acids is 1. The van der Waals surface area contributed by atoms with E-state index >= 15 is 0 Å². The molecule has 0 bridgehead atoms. The maximum atomic E-state index is 11.6. The van der Waals surface area contributed by atoms with Crippen molar-refractivity contribution in [3.05, 3.63) is 0 Å². The molecule has 0 aliphatic heterocycles. The second kappa shape index (κ2) is 6.85. The average molecular weight is 267 g/mol. The summed E-state index contributed by atoms with van der Waals surface area (Å²) >= 11 is 0. The number of rotatable bonds is 8. The molecule has 2 aliphatic rings. The number of hydrogen-bond acceptors (Lipinski definition) is 3. The normalized spacial score (nSPS) is 24.4. The summed E-state index contributed by atoms with van der Waals surface area (Å²) in [6, 6.07) is 0.605. The Labute approximate surface area is 117 Å². The minimum atomic E-state index is -0.0743. The maximum Gasteiger partial charge on any atom is 0.127 e. The second-order valence-corrected chi connectivity index (χ2v) is 6.58. The van der Waals surface area contributed by atoms with Gasteiger partial charge < -0.3 is 9.53 Å². The highest BCUT2D eigenvalue weighted by Crippen LogP contribution is 2.39. The summed E-state index contributed by atoms with van der Waals surface area (Å²) < 4.78 is 5.25. The van der Waals surface area contributed by atoms with Crippen LogP contribution < -0.4 is 0 Å². The number of carbonyl (C=O) groups is 1. The Hall–Kier alpha value is -0.410. The Morgan fingerprint density at radius 1 is 1.32 bits per heavy atom. The summed E-state index contributed by atoms with van der Waals surface area (Å²) in [5.41, 5.74) is -0.0743. The van der Waals surface area contributed by atoms with Crippen molar-refractivity contribution in [2.45, 2.75) is 57.9 Å². The first-order valence-electron chi connectivity index (χ1n) is 7.90. The van der Waals surface area contributed by atoms with Crippen LogP contribution in [-0.2, 0) is 9.53 Å². The molecule has 0 amide bonds. The van der Waals surface area contributed by atoms with Gasteiger partial charge in [-0.3, -0.25) is 4.90 Å². The monoisotopic (exact) mass is 267 g/mol. The molecule has 0 radical (unpaired) electrons. The van der Waals surface area contributed by atoms with Crippen LogP contribution in [0.25, 0.3) is 0 Å². The van der Waals surface area contributed by atoms with Crippen LogP contribution in [0.15, 0.2) is 0 Å². The summed E-state index contributed by atoms with van der Waals surface area (Å²) in [6.45, 7) is 5.00. The molecule has 0 heterocycles. The van der Waals surface area contributed by atoms with Crippen LogP contribution in [-0.4, -0.2) is 44.0 Å². The third-order valence-electron chi connectivity index (χ3n) is 5.08.